The lowest BCUT2D eigenvalue weighted by Gasteiger charge is -2.13. The molecule has 38 heavy (non-hydrogen) atoms. The quantitative estimate of drug-likeness (QED) is 0.209. The summed E-state index contributed by atoms with van der Waals surface area (Å²) >= 11 is 0. The fourth-order valence-electron chi connectivity index (χ4n) is 4.81. The van der Waals surface area contributed by atoms with Crippen molar-refractivity contribution in [3.8, 4) is 28.2 Å². The minimum Gasteiger partial charge on any atom is -0.385 e. The van der Waals surface area contributed by atoms with Crippen LogP contribution in [0.1, 0.15) is 57.7 Å². The van der Waals surface area contributed by atoms with Gasteiger partial charge < -0.3 is 14.9 Å². The van der Waals surface area contributed by atoms with Crippen LogP contribution >= 0.6 is 0 Å². The van der Waals surface area contributed by atoms with E-state index in [1.54, 1.807) is 6.08 Å². The number of rotatable bonds is 6. The molecular formula is C34H42N4. The molecule has 0 fully saturated rings. The van der Waals surface area contributed by atoms with Crippen molar-refractivity contribution in [2.75, 3.05) is 5.73 Å². The number of aryl methyl sites for hydroxylation is 1. The van der Waals surface area contributed by atoms with E-state index in [1.165, 1.54) is 30.5 Å². The molecule has 2 heterocycles. The number of hydrogen-bond acceptors (Lipinski definition) is 2. The number of hydrogen-bond donors (Lipinski definition) is 1. The van der Waals surface area contributed by atoms with E-state index in [2.05, 4.69) is 89.2 Å². The van der Waals surface area contributed by atoms with Gasteiger partial charge in [0.05, 0.1) is 17.7 Å². The van der Waals surface area contributed by atoms with Crippen molar-refractivity contribution in [2.45, 2.75) is 59.3 Å². The highest BCUT2D eigenvalue weighted by Crippen LogP contribution is 2.34. The van der Waals surface area contributed by atoms with Crippen LogP contribution in [0.4, 0.5) is 5.82 Å². The Kier molecular flexibility index (Phi) is 11.0. The number of aromatic nitrogens is 3. The van der Waals surface area contributed by atoms with Crippen molar-refractivity contribution < 1.29 is 0 Å². The van der Waals surface area contributed by atoms with Crippen LogP contribution in [0.25, 0.3) is 34.4 Å². The number of fused-ring (bicyclic) bond motifs is 1. The van der Waals surface area contributed by atoms with Gasteiger partial charge in [-0.3, -0.25) is 0 Å². The normalized spacial score (nSPS) is 12.4. The lowest BCUT2D eigenvalue weighted by atomic mass is 10.0. The van der Waals surface area contributed by atoms with Gasteiger partial charge in [0.25, 0.3) is 0 Å². The molecule has 0 saturated heterocycles. The third-order valence-electron chi connectivity index (χ3n) is 6.39. The number of allylic oxidation sites excluding steroid dienone is 3. The first-order valence-corrected chi connectivity index (χ1v) is 13.7. The highest BCUT2D eigenvalue weighted by Gasteiger charge is 2.18. The second-order valence-electron chi connectivity index (χ2n) is 9.02. The van der Waals surface area contributed by atoms with E-state index < -0.39 is 0 Å². The number of anilines is 1. The number of nitrogens with zero attached hydrogens (tertiary/aromatic N) is 3. The zero-order valence-electron chi connectivity index (χ0n) is 23.2. The van der Waals surface area contributed by atoms with Gasteiger partial charge in [-0.15, -0.1) is 13.2 Å². The van der Waals surface area contributed by atoms with Gasteiger partial charge in [0.1, 0.15) is 5.82 Å². The van der Waals surface area contributed by atoms with Crippen LogP contribution in [0.2, 0.25) is 0 Å². The third kappa shape index (κ3) is 6.63. The minimum atomic E-state index is 0.815. The first-order valence-electron chi connectivity index (χ1n) is 13.7. The topological polar surface area (TPSA) is 48.8 Å². The van der Waals surface area contributed by atoms with Crippen LogP contribution in [0.15, 0.2) is 98.4 Å². The predicted molar refractivity (Wildman–Crippen MR) is 165 cm³/mol. The largest absolute Gasteiger partial charge is 0.385 e. The molecule has 2 N–H and O–H groups in total. The zero-order valence-corrected chi connectivity index (χ0v) is 23.2. The Morgan fingerprint density at radius 3 is 2.29 bits per heavy atom. The summed E-state index contributed by atoms with van der Waals surface area (Å²) in [7, 11) is 0. The van der Waals surface area contributed by atoms with Crippen molar-refractivity contribution in [3.63, 3.8) is 0 Å². The second kappa shape index (κ2) is 14.6. The van der Waals surface area contributed by atoms with Gasteiger partial charge >= 0.3 is 0 Å². The molecule has 0 aliphatic heterocycles. The van der Waals surface area contributed by atoms with Crippen molar-refractivity contribution in [1.29, 1.82) is 0 Å². The summed E-state index contributed by atoms with van der Waals surface area (Å²) in [5.74, 6) is 0.831. The summed E-state index contributed by atoms with van der Waals surface area (Å²) in [5.41, 5.74) is 14.6. The third-order valence-corrected chi connectivity index (χ3v) is 6.39. The Bertz CT molecular complexity index is 1320. The van der Waals surface area contributed by atoms with Crippen LogP contribution in [-0.2, 0) is 12.8 Å². The van der Waals surface area contributed by atoms with E-state index >= 15 is 0 Å². The number of nitrogen functional groups attached to an aromatic ring is 1. The summed E-state index contributed by atoms with van der Waals surface area (Å²) in [6.45, 7) is 13.1. The fraction of sp³-hybridized carbons (Fsp3) is 0.265. The average Bonchev–Trinajstić information content (AvgIpc) is 3.43. The van der Waals surface area contributed by atoms with Gasteiger partial charge in [-0.25, -0.2) is 4.98 Å². The lowest BCUT2D eigenvalue weighted by molar-refractivity contribution is 0.702. The van der Waals surface area contributed by atoms with E-state index in [0.717, 1.165) is 53.3 Å². The molecule has 0 atom stereocenters. The zero-order chi connectivity index (χ0) is 27.3. The molecule has 0 unspecified atom stereocenters. The molecule has 1 aliphatic carbocycles. The van der Waals surface area contributed by atoms with E-state index in [9.17, 15) is 0 Å². The van der Waals surface area contributed by atoms with E-state index in [-0.39, 0.29) is 0 Å². The summed E-state index contributed by atoms with van der Waals surface area (Å²) < 4.78 is 4.33. The highest BCUT2D eigenvalue weighted by atomic mass is 15.1. The Morgan fingerprint density at radius 2 is 1.61 bits per heavy atom. The summed E-state index contributed by atoms with van der Waals surface area (Å²) in [6.07, 6.45) is 16.5. The molecule has 0 saturated carbocycles. The Labute approximate surface area is 228 Å². The summed E-state index contributed by atoms with van der Waals surface area (Å²) in [6, 6.07) is 21.2. The number of imidazole rings is 1. The van der Waals surface area contributed by atoms with Gasteiger partial charge in [0.2, 0.25) is 0 Å². The van der Waals surface area contributed by atoms with Crippen LogP contribution in [0.3, 0.4) is 0 Å². The van der Waals surface area contributed by atoms with Crippen molar-refractivity contribution in [1.82, 2.24) is 14.1 Å². The second-order valence-corrected chi connectivity index (χ2v) is 9.02. The Balaban J connectivity index is 0.000000748. The summed E-state index contributed by atoms with van der Waals surface area (Å²) in [4.78, 5) is 4.76. The SMILES string of the molecule is C=CC.C=CCC=Cn1cnc(-c2ccccc2)c1-c1ccc(-n2c(N)cc3c2CCCCC3)cc1.CC. The molecule has 0 amide bonds. The smallest absolute Gasteiger partial charge is 0.108 e. The van der Waals surface area contributed by atoms with Gasteiger partial charge in [0.15, 0.2) is 0 Å². The number of nitrogens with two attached hydrogens (primary N) is 1. The monoisotopic (exact) mass is 506 g/mol. The molecule has 2 aromatic carbocycles. The van der Waals surface area contributed by atoms with Crippen molar-refractivity contribution >= 4 is 12.0 Å². The molecule has 5 rings (SSSR count). The fourth-order valence-corrected chi connectivity index (χ4v) is 4.81. The Hall–Kier alpha value is -4.05. The molecule has 2 aromatic heterocycles. The maximum Gasteiger partial charge on any atom is 0.108 e. The Morgan fingerprint density at radius 1 is 0.921 bits per heavy atom. The highest BCUT2D eigenvalue weighted by molar-refractivity contribution is 5.80. The first kappa shape index (κ1) is 28.5. The molecule has 4 aromatic rings. The van der Waals surface area contributed by atoms with E-state index in [4.69, 9.17) is 10.7 Å². The van der Waals surface area contributed by atoms with Crippen LogP contribution in [0, 0.1) is 0 Å². The minimum absolute atomic E-state index is 0.815. The lowest BCUT2D eigenvalue weighted by Crippen LogP contribution is -2.05. The standard InChI is InChI=1S/C29H30N4.C3H6.C2H6/c1-2-3-10-19-32-21-31-28(22-11-6-4-7-12-22)29(32)23-15-17-25(18-16-23)33-26-14-9-5-8-13-24(26)20-27(33)30;1-3-2;1-2/h2,4,6-7,10-12,15-21H,1,3,5,8-9,13-14,30H2;3H,1H2,2H3;1-2H3. The van der Waals surface area contributed by atoms with E-state index in [0.29, 0.717) is 0 Å². The molecule has 4 nitrogen and oxygen atoms in total. The van der Waals surface area contributed by atoms with Gasteiger partial charge in [-0.2, -0.15) is 0 Å². The van der Waals surface area contributed by atoms with Crippen molar-refractivity contribution in [2.24, 2.45) is 0 Å². The first-order chi connectivity index (χ1) is 18.7. The molecular weight excluding hydrogens is 464 g/mol. The molecule has 0 radical (unpaired) electrons. The molecule has 1 aliphatic rings. The maximum absolute atomic E-state index is 6.46. The van der Waals surface area contributed by atoms with Crippen LogP contribution in [-0.4, -0.2) is 14.1 Å². The average molecular weight is 507 g/mol. The van der Waals surface area contributed by atoms with Gasteiger partial charge in [-0.05, 0) is 62.8 Å². The van der Waals surface area contributed by atoms with Crippen LogP contribution < -0.4 is 5.73 Å². The van der Waals surface area contributed by atoms with Gasteiger partial charge in [0, 0.05) is 28.7 Å². The predicted octanol–water partition coefficient (Wildman–Crippen LogP) is 9.12. The number of benzene rings is 2. The molecule has 4 heteroatoms. The van der Waals surface area contributed by atoms with Gasteiger partial charge in [-0.1, -0.05) is 81.0 Å². The molecule has 198 valence electrons. The molecule has 0 bridgehead atoms. The van der Waals surface area contributed by atoms with Crippen LogP contribution in [0.5, 0.6) is 0 Å². The van der Waals surface area contributed by atoms with Crippen molar-refractivity contribution in [3.05, 3.63) is 110 Å². The molecule has 0 spiro atoms. The van der Waals surface area contributed by atoms with E-state index in [1.807, 2.05) is 39.2 Å². The summed E-state index contributed by atoms with van der Waals surface area (Å²) in [5, 5.41) is 0. The maximum atomic E-state index is 6.46.